The van der Waals surface area contributed by atoms with Crippen LogP contribution >= 0.6 is 0 Å². The van der Waals surface area contributed by atoms with Gasteiger partial charge in [0.15, 0.2) is 0 Å². The molecule has 102 valence electrons. The molecule has 4 heteroatoms. The van der Waals surface area contributed by atoms with Crippen molar-refractivity contribution in [3.8, 4) is 0 Å². The molecule has 0 bridgehead atoms. The maximum absolute atomic E-state index is 11.6. The molecule has 0 aromatic rings. The van der Waals surface area contributed by atoms with Crippen LogP contribution in [-0.4, -0.2) is 25.7 Å². The first kappa shape index (κ1) is 14.7. The third-order valence-corrected chi connectivity index (χ3v) is 3.30. The largest absolute Gasteiger partial charge is 0.466 e. The predicted octanol–water partition coefficient (Wildman–Crippen LogP) is 2.62. The van der Waals surface area contributed by atoms with E-state index >= 15 is 0 Å². The molecule has 1 rings (SSSR count). The third-order valence-electron chi connectivity index (χ3n) is 3.30. The topological polar surface area (TPSA) is 52.6 Å². The number of hydrogen-bond acceptors (Lipinski definition) is 4. The zero-order valence-corrected chi connectivity index (χ0v) is 11.2. The summed E-state index contributed by atoms with van der Waals surface area (Å²) in [7, 11) is 1.38. The van der Waals surface area contributed by atoms with E-state index in [4.69, 9.17) is 9.47 Å². The van der Waals surface area contributed by atoms with E-state index in [0.717, 1.165) is 6.42 Å². The molecule has 1 aliphatic rings. The molecular formula is C14H22O4. The second kappa shape index (κ2) is 7.90. The van der Waals surface area contributed by atoms with Gasteiger partial charge in [-0.1, -0.05) is 32.1 Å². The zero-order chi connectivity index (χ0) is 13.4. The van der Waals surface area contributed by atoms with Gasteiger partial charge in [-0.25, -0.2) is 4.79 Å². The molecule has 0 saturated heterocycles. The van der Waals surface area contributed by atoms with Crippen molar-refractivity contribution in [3.05, 3.63) is 11.6 Å². The first-order valence-corrected chi connectivity index (χ1v) is 6.54. The third kappa shape index (κ3) is 5.34. The molecule has 0 radical (unpaired) electrons. The number of hydrogen-bond donors (Lipinski definition) is 0. The Kier molecular flexibility index (Phi) is 6.47. The minimum Gasteiger partial charge on any atom is -0.466 e. The summed E-state index contributed by atoms with van der Waals surface area (Å²) in [5, 5.41) is 0. The number of rotatable bonds is 5. The monoisotopic (exact) mass is 254 g/mol. The van der Waals surface area contributed by atoms with Crippen molar-refractivity contribution in [2.24, 2.45) is 5.92 Å². The average Bonchev–Trinajstić information content (AvgIpc) is 2.37. The highest BCUT2D eigenvalue weighted by Crippen LogP contribution is 2.29. The molecule has 0 aromatic carbocycles. The lowest BCUT2D eigenvalue weighted by molar-refractivity contribution is -0.140. The number of esters is 2. The molecular weight excluding hydrogens is 232 g/mol. The van der Waals surface area contributed by atoms with Crippen LogP contribution in [-0.2, 0) is 19.1 Å². The summed E-state index contributed by atoms with van der Waals surface area (Å²) in [5.41, 5.74) is 0.630. The van der Waals surface area contributed by atoms with Crippen molar-refractivity contribution in [2.45, 2.75) is 45.4 Å². The van der Waals surface area contributed by atoms with Crippen LogP contribution in [0.2, 0.25) is 0 Å². The normalized spacial score (nSPS) is 17.3. The number of methoxy groups -OCH3 is 1. The molecule has 0 aliphatic heterocycles. The van der Waals surface area contributed by atoms with E-state index in [9.17, 15) is 9.59 Å². The van der Waals surface area contributed by atoms with Gasteiger partial charge >= 0.3 is 11.9 Å². The minimum atomic E-state index is -0.340. The molecule has 0 heterocycles. The molecule has 4 nitrogen and oxygen atoms in total. The molecule has 0 amide bonds. The average molecular weight is 254 g/mol. The SMILES string of the molecule is COC(=O)C(=CCOC(C)=O)CC1CCCCC1. The smallest absolute Gasteiger partial charge is 0.333 e. The van der Waals surface area contributed by atoms with E-state index in [1.807, 2.05) is 0 Å². The fourth-order valence-electron chi connectivity index (χ4n) is 2.34. The summed E-state index contributed by atoms with van der Waals surface area (Å²) < 4.78 is 9.60. The Labute approximate surface area is 108 Å². The van der Waals surface area contributed by atoms with Crippen LogP contribution in [0.1, 0.15) is 45.4 Å². The van der Waals surface area contributed by atoms with Crippen LogP contribution in [0.5, 0.6) is 0 Å². The van der Waals surface area contributed by atoms with Crippen molar-refractivity contribution < 1.29 is 19.1 Å². The first-order valence-electron chi connectivity index (χ1n) is 6.54. The van der Waals surface area contributed by atoms with Crippen LogP contribution in [0, 0.1) is 5.92 Å². The van der Waals surface area contributed by atoms with Gasteiger partial charge in [0, 0.05) is 12.5 Å². The summed E-state index contributed by atoms with van der Waals surface area (Å²) in [6, 6.07) is 0. The molecule has 1 fully saturated rings. The Morgan fingerprint density at radius 2 is 1.89 bits per heavy atom. The number of ether oxygens (including phenoxy) is 2. The Balaban J connectivity index is 2.53. The quantitative estimate of drug-likeness (QED) is 0.559. The highest BCUT2D eigenvalue weighted by molar-refractivity contribution is 5.88. The van der Waals surface area contributed by atoms with Crippen LogP contribution in [0.4, 0.5) is 0 Å². The Hall–Kier alpha value is -1.32. The maximum Gasteiger partial charge on any atom is 0.333 e. The Bertz CT molecular complexity index is 314. The molecule has 0 spiro atoms. The summed E-state index contributed by atoms with van der Waals surface area (Å²) in [6.45, 7) is 1.50. The van der Waals surface area contributed by atoms with E-state index in [2.05, 4.69) is 0 Å². The second-order valence-electron chi connectivity index (χ2n) is 4.73. The van der Waals surface area contributed by atoms with Crippen molar-refractivity contribution in [1.82, 2.24) is 0 Å². The molecule has 18 heavy (non-hydrogen) atoms. The first-order chi connectivity index (χ1) is 8.63. The Morgan fingerprint density at radius 3 is 2.44 bits per heavy atom. The number of carbonyl (C=O) groups excluding carboxylic acids is 2. The lowest BCUT2D eigenvalue weighted by atomic mass is 9.84. The second-order valence-corrected chi connectivity index (χ2v) is 4.73. The highest BCUT2D eigenvalue weighted by Gasteiger charge is 2.19. The maximum atomic E-state index is 11.6. The molecule has 0 atom stereocenters. The van der Waals surface area contributed by atoms with Gasteiger partial charge in [-0.3, -0.25) is 4.79 Å². The van der Waals surface area contributed by atoms with Crippen molar-refractivity contribution in [3.63, 3.8) is 0 Å². The summed E-state index contributed by atoms with van der Waals surface area (Å²) in [4.78, 5) is 22.3. The molecule has 0 N–H and O–H groups in total. The van der Waals surface area contributed by atoms with Crippen LogP contribution in [0.25, 0.3) is 0 Å². The summed E-state index contributed by atoms with van der Waals surface area (Å²) in [5.74, 6) is -0.0951. The van der Waals surface area contributed by atoms with E-state index in [0.29, 0.717) is 11.5 Å². The van der Waals surface area contributed by atoms with Crippen molar-refractivity contribution >= 4 is 11.9 Å². The van der Waals surface area contributed by atoms with E-state index in [1.165, 1.54) is 46.1 Å². The van der Waals surface area contributed by atoms with Crippen LogP contribution in [0.3, 0.4) is 0 Å². The summed E-state index contributed by atoms with van der Waals surface area (Å²) >= 11 is 0. The van der Waals surface area contributed by atoms with E-state index in [1.54, 1.807) is 6.08 Å². The number of carbonyl (C=O) groups is 2. The molecule has 1 aliphatic carbocycles. The van der Waals surface area contributed by atoms with Gasteiger partial charge in [0.05, 0.1) is 7.11 Å². The summed E-state index contributed by atoms with van der Waals surface area (Å²) in [6.07, 6.45) is 8.51. The Morgan fingerprint density at radius 1 is 1.22 bits per heavy atom. The fourth-order valence-corrected chi connectivity index (χ4v) is 2.34. The highest BCUT2D eigenvalue weighted by atomic mass is 16.5. The fraction of sp³-hybridized carbons (Fsp3) is 0.714. The van der Waals surface area contributed by atoms with Gasteiger partial charge in [-0.05, 0) is 18.4 Å². The van der Waals surface area contributed by atoms with Crippen molar-refractivity contribution in [1.29, 1.82) is 0 Å². The van der Waals surface area contributed by atoms with Gasteiger partial charge in [0.2, 0.25) is 0 Å². The van der Waals surface area contributed by atoms with Gasteiger partial charge in [-0.15, -0.1) is 0 Å². The molecule has 0 aromatic heterocycles. The minimum absolute atomic E-state index is 0.145. The standard InChI is InChI=1S/C14H22O4/c1-11(15)18-9-8-13(14(16)17-2)10-12-6-4-3-5-7-12/h8,12H,3-7,9-10H2,1-2H3. The van der Waals surface area contributed by atoms with E-state index in [-0.39, 0.29) is 18.5 Å². The lowest BCUT2D eigenvalue weighted by Gasteiger charge is -2.22. The van der Waals surface area contributed by atoms with Gasteiger partial charge in [0.25, 0.3) is 0 Å². The predicted molar refractivity (Wildman–Crippen MR) is 67.9 cm³/mol. The van der Waals surface area contributed by atoms with Gasteiger partial charge in [0.1, 0.15) is 6.61 Å². The molecule has 1 saturated carbocycles. The van der Waals surface area contributed by atoms with Crippen LogP contribution < -0.4 is 0 Å². The zero-order valence-electron chi connectivity index (χ0n) is 11.2. The van der Waals surface area contributed by atoms with Gasteiger partial charge < -0.3 is 9.47 Å². The van der Waals surface area contributed by atoms with Crippen LogP contribution in [0.15, 0.2) is 11.6 Å². The van der Waals surface area contributed by atoms with Crippen molar-refractivity contribution in [2.75, 3.05) is 13.7 Å². The molecule has 0 unspecified atom stereocenters. The van der Waals surface area contributed by atoms with E-state index < -0.39 is 0 Å². The lowest BCUT2D eigenvalue weighted by Crippen LogP contribution is -2.14. The van der Waals surface area contributed by atoms with Gasteiger partial charge in [-0.2, -0.15) is 0 Å².